The van der Waals surface area contributed by atoms with Crippen LogP contribution in [0.3, 0.4) is 0 Å². The van der Waals surface area contributed by atoms with Crippen molar-refractivity contribution in [3.63, 3.8) is 0 Å². The molecule has 106 valence electrons. The Morgan fingerprint density at radius 1 is 1.25 bits per heavy atom. The second-order valence-corrected chi connectivity index (χ2v) is 4.97. The van der Waals surface area contributed by atoms with E-state index in [4.69, 9.17) is 0 Å². The predicted molar refractivity (Wildman–Crippen MR) is 78.3 cm³/mol. The standard InChI is InChI=1S/C14H19N5O/c1-10(2)9-18-13(20)5-6-16-12-4-3-11-14(19-12)17-8-7-15-11/h3-4,7-8,10H,5-6,9H2,1-2H3,(H,18,20)(H,16,17,19). The van der Waals surface area contributed by atoms with Gasteiger partial charge in [0.05, 0.1) is 0 Å². The number of fused-ring (bicyclic) bond motifs is 1. The van der Waals surface area contributed by atoms with Crippen molar-refractivity contribution in [2.24, 2.45) is 5.92 Å². The number of carbonyl (C=O) groups excluding carboxylic acids is 1. The summed E-state index contributed by atoms with van der Waals surface area (Å²) in [6, 6.07) is 3.69. The van der Waals surface area contributed by atoms with Crippen LogP contribution in [0.1, 0.15) is 20.3 Å². The number of aromatic nitrogens is 3. The molecule has 2 N–H and O–H groups in total. The molecule has 2 heterocycles. The molecule has 0 aromatic carbocycles. The molecule has 0 aliphatic rings. The molecule has 0 atom stereocenters. The van der Waals surface area contributed by atoms with Crippen molar-refractivity contribution in [2.45, 2.75) is 20.3 Å². The molecule has 2 aromatic heterocycles. The first kappa shape index (κ1) is 14.2. The zero-order valence-corrected chi connectivity index (χ0v) is 11.8. The fourth-order valence-corrected chi connectivity index (χ4v) is 1.66. The van der Waals surface area contributed by atoms with E-state index in [1.807, 2.05) is 12.1 Å². The molecular weight excluding hydrogens is 254 g/mol. The normalized spacial score (nSPS) is 10.8. The van der Waals surface area contributed by atoms with Gasteiger partial charge >= 0.3 is 0 Å². The quantitative estimate of drug-likeness (QED) is 0.835. The summed E-state index contributed by atoms with van der Waals surface area (Å²) in [5.74, 6) is 1.22. The molecule has 0 radical (unpaired) electrons. The Kier molecular flexibility index (Phi) is 4.81. The third-order valence-corrected chi connectivity index (χ3v) is 2.70. The third kappa shape index (κ3) is 4.15. The van der Waals surface area contributed by atoms with E-state index in [0.717, 1.165) is 5.52 Å². The van der Waals surface area contributed by atoms with E-state index >= 15 is 0 Å². The molecule has 6 heteroatoms. The third-order valence-electron chi connectivity index (χ3n) is 2.70. The molecule has 6 nitrogen and oxygen atoms in total. The summed E-state index contributed by atoms with van der Waals surface area (Å²) in [4.78, 5) is 24.2. The molecule has 2 rings (SSSR count). The first-order valence-electron chi connectivity index (χ1n) is 6.73. The Labute approximate surface area is 118 Å². The van der Waals surface area contributed by atoms with Gasteiger partial charge in [-0.3, -0.25) is 9.78 Å². The number of carbonyl (C=O) groups is 1. The van der Waals surface area contributed by atoms with Crippen molar-refractivity contribution in [3.8, 4) is 0 Å². The van der Waals surface area contributed by atoms with Crippen LogP contribution in [0.25, 0.3) is 11.2 Å². The lowest BCUT2D eigenvalue weighted by molar-refractivity contribution is -0.120. The van der Waals surface area contributed by atoms with Crippen molar-refractivity contribution in [2.75, 3.05) is 18.4 Å². The van der Waals surface area contributed by atoms with E-state index in [9.17, 15) is 4.79 Å². The van der Waals surface area contributed by atoms with Gasteiger partial charge in [-0.2, -0.15) is 0 Å². The van der Waals surface area contributed by atoms with E-state index in [0.29, 0.717) is 36.9 Å². The molecule has 20 heavy (non-hydrogen) atoms. The Hall–Kier alpha value is -2.24. The lowest BCUT2D eigenvalue weighted by Crippen LogP contribution is -2.28. The first-order valence-corrected chi connectivity index (χ1v) is 6.73. The maximum absolute atomic E-state index is 11.6. The van der Waals surface area contributed by atoms with Gasteiger partial charge in [0.1, 0.15) is 11.3 Å². The summed E-state index contributed by atoms with van der Waals surface area (Å²) < 4.78 is 0. The molecule has 2 aromatic rings. The first-order chi connectivity index (χ1) is 9.65. The van der Waals surface area contributed by atoms with Gasteiger partial charge in [-0.25, -0.2) is 9.97 Å². The second-order valence-electron chi connectivity index (χ2n) is 4.97. The van der Waals surface area contributed by atoms with E-state index in [2.05, 4.69) is 39.4 Å². The van der Waals surface area contributed by atoms with Crippen LogP contribution in [0.4, 0.5) is 5.82 Å². The van der Waals surface area contributed by atoms with E-state index in [1.165, 1.54) is 0 Å². The summed E-state index contributed by atoms with van der Waals surface area (Å²) in [5, 5.41) is 5.99. The lowest BCUT2D eigenvalue weighted by Gasteiger charge is -2.08. The maximum atomic E-state index is 11.6. The summed E-state index contributed by atoms with van der Waals surface area (Å²) in [6.07, 6.45) is 3.67. The zero-order valence-electron chi connectivity index (χ0n) is 11.8. The van der Waals surface area contributed by atoms with Gasteiger partial charge in [0, 0.05) is 31.9 Å². The summed E-state index contributed by atoms with van der Waals surface area (Å²) in [6.45, 7) is 5.39. The van der Waals surface area contributed by atoms with E-state index < -0.39 is 0 Å². The van der Waals surface area contributed by atoms with Gasteiger partial charge in [0.15, 0.2) is 5.65 Å². The van der Waals surface area contributed by atoms with Gasteiger partial charge < -0.3 is 10.6 Å². The van der Waals surface area contributed by atoms with Crippen molar-refractivity contribution in [3.05, 3.63) is 24.5 Å². The van der Waals surface area contributed by atoms with Gasteiger partial charge in [-0.15, -0.1) is 0 Å². The van der Waals surface area contributed by atoms with E-state index in [-0.39, 0.29) is 5.91 Å². The van der Waals surface area contributed by atoms with Crippen molar-refractivity contribution < 1.29 is 4.79 Å². The van der Waals surface area contributed by atoms with Crippen LogP contribution in [-0.4, -0.2) is 33.9 Å². The van der Waals surface area contributed by atoms with Crippen LogP contribution < -0.4 is 10.6 Å². The highest BCUT2D eigenvalue weighted by molar-refractivity contribution is 5.76. The number of amides is 1. The predicted octanol–water partition coefficient (Wildman–Crippen LogP) is 1.60. The van der Waals surface area contributed by atoms with Crippen LogP contribution in [0, 0.1) is 5.92 Å². The molecule has 0 saturated carbocycles. The van der Waals surface area contributed by atoms with Gasteiger partial charge in [0.25, 0.3) is 0 Å². The largest absolute Gasteiger partial charge is 0.369 e. The number of nitrogens with one attached hydrogen (secondary N) is 2. The van der Waals surface area contributed by atoms with Crippen LogP contribution in [0.15, 0.2) is 24.5 Å². The van der Waals surface area contributed by atoms with Crippen molar-refractivity contribution >= 4 is 22.9 Å². The molecule has 1 amide bonds. The van der Waals surface area contributed by atoms with Crippen LogP contribution >= 0.6 is 0 Å². The molecule has 0 aliphatic carbocycles. The zero-order chi connectivity index (χ0) is 14.4. The fourth-order valence-electron chi connectivity index (χ4n) is 1.66. The van der Waals surface area contributed by atoms with E-state index in [1.54, 1.807) is 12.4 Å². The Balaban J connectivity index is 1.82. The monoisotopic (exact) mass is 273 g/mol. The molecule has 0 bridgehead atoms. The lowest BCUT2D eigenvalue weighted by atomic mass is 10.2. The van der Waals surface area contributed by atoms with Gasteiger partial charge in [-0.05, 0) is 18.1 Å². The number of pyridine rings is 1. The summed E-state index contributed by atoms with van der Waals surface area (Å²) in [7, 11) is 0. The van der Waals surface area contributed by atoms with Crippen molar-refractivity contribution in [1.82, 2.24) is 20.3 Å². The average Bonchev–Trinajstić information content (AvgIpc) is 2.45. The minimum Gasteiger partial charge on any atom is -0.369 e. The SMILES string of the molecule is CC(C)CNC(=O)CCNc1ccc2nccnc2n1. The topological polar surface area (TPSA) is 79.8 Å². The highest BCUT2D eigenvalue weighted by atomic mass is 16.1. The van der Waals surface area contributed by atoms with Crippen LogP contribution in [-0.2, 0) is 4.79 Å². The number of anilines is 1. The molecule has 0 aliphatic heterocycles. The Bertz CT molecular complexity index is 585. The fraction of sp³-hybridized carbons (Fsp3) is 0.429. The molecule has 0 fully saturated rings. The number of hydrogen-bond acceptors (Lipinski definition) is 5. The van der Waals surface area contributed by atoms with Gasteiger partial charge in [-0.1, -0.05) is 13.8 Å². The minimum atomic E-state index is 0.0479. The Morgan fingerprint density at radius 2 is 2.05 bits per heavy atom. The highest BCUT2D eigenvalue weighted by Gasteiger charge is 2.03. The number of rotatable bonds is 6. The smallest absolute Gasteiger partial charge is 0.221 e. The minimum absolute atomic E-state index is 0.0479. The van der Waals surface area contributed by atoms with Crippen molar-refractivity contribution in [1.29, 1.82) is 0 Å². The summed E-state index contributed by atoms with van der Waals surface area (Å²) >= 11 is 0. The second kappa shape index (κ2) is 6.79. The summed E-state index contributed by atoms with van der Waals surface area (Å²) in [5.41, 5.74) is 1.36. The molecule has 0 spiro atoms. The maximum Gasteiger partial charge on any atom is 0.221 e. The molecular formula is C14H19N5O. The van der Waals surface area contributed by atoms with Crippen LogP contribution in [0.2, 0.25) is 0 Å². The Morgan fingerprint density at radius 3 is 2.85 bits per heavy atom. The number of hydrogen-bond donors (Lipinski definition) is 2. The highest BCUT2D eigenvalue weighted by Crippen LogP contribution is 2.09. The average molecular weight is 273 g/mol. The van der Waals surface area contributed by atoms with Crippen LogP contribution in [0.5, 0.6) is 0 Å². The molecule has 0 unspecified atom stereocenters. The molecule has 0 saturated heterocycles. The number of nitrogens with zero attached hydrogens (tertiary/aromatic N) is 3. The van der Waals surface area contributed by atoms with Gasteiger partial charge in [0.2, 0.25) is 5.91 Å².